The molecule has 0 spiro atoms. The van der Waals surface area contributed by atoms with Gasteiger partial charge in [0.15, 0.2) is 11.4 Å². The molecule has 0 saturated carbocycles. The van der Waals surface area contributed by atoms with Gasteiger partial charge >= 0.3 is 5.92 Å². The van der Waals surface area contributed by atoms with Gasteiger partial charge in [-0.25, -0.2) is 17.9 Å². The number of carbonyl (C=O) groups excluding carboxylic acids is 1. The van der Waals surface area contributed by atoms with Crippen LogP contribution in [0.5, 0.6) is 0 Å². The number of hydrogen-bond acceptors (Lipinski definition) is 6. The van der Waals surface area contributed by atoms with Crippen molar-refractivity contribution in [2.45, 2.75) is 18.1 Å². The zero-order valence-electron chi connectivity index (χ0n) is 17.3. The van der Waals surface area contributed by atoms with Crippen LogP contribution in [0.3, 0.4) is 0 Å². The summed E-state index contributed by atoms with van der Waals surface area (Å²) in [5.41, 5.74) is -5.55. The number of nitrogens with zero attached hydrogens (tertiary/aromatic N) is 5. The van der Waals surface area contributed by atoms with Crippen molar-refractivity contribution in [3.8, 4) is 0 Å². The van der Waals surface area contributed by atoms with Gasteiger partial charge in [0.1, 0.15) is 29.5 Å². The fraction of sp³-hybridized carbons (Fsp3) is 0.136. The molecule has 4 rings (SSSR count). The molecule has 0 bridgehead atoms. The summed E-state index contributed by atoms with van der Waals surface area (Å²) in [6.07, 6.45) is 1.72. The summed E-state index contributed by atoms with van der Waals surface area (Å²) in [6.45, 7) is -1.03. The van der Waals surface area contributed by atoms with E-state index in [1.165, 1.54) is 6.07 Å². The van der Waals surface area contributed by atoms with Crippen LogP contribution in [0, 0.1) is 17.5 Å². The van der Waals surface area contributed by atoms with Crippen molar-refractivity contribution in [2.75, 3.05) is 0 Å². The monoisotopic (exact) mass is 509 g/mol. The van der Waals surface area contributed by atoms with E-state index in [1.807, 2.05) is 0 Å². The smallest absolute Gasteiger partial charge is 0.323 e. The fourth-order valence-electron chi connectivity index (χ4n) is 3.40. The van der Waals surface area contributed by atoms with Gasteiger partial charge in [0.05, 0.1) is 11.6 Å². The van der Waals surface area contributed by atoms with Gasteiger partial charge in [0.2, 0.25) is 0 Å². The van der Waals surface area contributed by atoms with Crippen LogP contribution in [-0.2, 0) is 18.1 Å². The number of pyridine rings is 1. The lowest BCUT2D eigenvalue weighted by atomic mass is 9.84. The number of aromatic nitrogens is 5. The van der Waals surface area contributed by atoms with E-state index in [4.69, 9.17) is 11.6 Å². The van der Waals surface area contributed by atoms with Crippen molar-refractivity contribution in [2.24, 2.45) is 0 Å². The third-order valence-electron chi connectivity index (χ3n) is 5.21. The molecule has 180 valence electrons. The molecule has 0 aliphatic heterocycles. The highest BCUT2D eigenvalue weighted by molar-refractivity contribution is 6.30. The van der Waals surface area contributed by atoms with Gasteiger partial charge in [0.25, 0.3) is 0 Å². The van der Waals surface area contributed by atoms with Crippen molar-refractivity contribution in [1.82, 2.24) is 25.2 Å². The molecular formula is C22H13ClF5N5O2. The molecule has 2 heterocycles. The minimum absolute atomic E-state index is 0.100. The molecule has 0 aliphatic carbocycles. The molecule has 0 amide bonds. The Morgan fingerprint density at radius 2 is 1.74 bits per heavy atom. The van der Waals surface area contributed by atoms with Crippen molar-refractivity contribution >= 4 is 17.4 Å². The Hall–Kier alpha value is -3.77. The summed E-state index contributed by atoms with van der Waals surface area (Å²) in [5.74, 6) is -8.33. The number of aliphatic hydroxyl groups is 1. The van der Waals surface area contributed by atoms with Gasteiger partial charge < -0.3 is 5.11 Å². The van der Waals surface area contributed by atoms with Gasteiger partial charge in [-0.3, -0.25) is 9.78 Å². The molecule has 35 heavy (non-hydrogen) atoms. The number of tetrazole rings is 1. The summed E-state index contributed by atoms with van der Waals surface area (Å²) in [5, 5.41) is 20.9. The molecule has 1 N–H and O–H groups in total. The van der Waals surface area contributed by atoms with Crippen molar-refractivity contribution in [3.05, 3.63) is 106 Å². The molecule has 2 aromatic carbocycles. The highest BCUT2D eigenvalue weighted by Crippen LogP contribution is 2.46. The van der Waals surface area contributed by atoms with Crippen LogP contribution in [-0.4, -0.2) is 36.1 Å². The Labute approximate surface area is 198 Å². The van der Waals surface area contributed by atoms with Crippen LogP contribution >= 0.6 is 11.6 Å². The number of halogens is 6. The molecule has 0 aliphatic rings. The van der Waals surface area contributed by atoms with Crippen molar-refractivity contribution in [1.29, 1.82) is 0 Å². The van der Waals surface area contributed by atoms with Crippen LogP contribution < -0.4 is 0 Å². The quantitative estimate of drug-likeness (QED) is 0.298. The van der Waals surface area contributed by atoms with Crippen LogP contribution in [0.2, 0.25) is 5.02 Å². The van der Waals surface area contributed by atoms with Crippen LogP contribution in [0.1, 0.15) is 27.2 Å². The molecule has 0 saturated heterocycles. The normalized spacial score (nSPS) is 13.5. The highest BCUT2D eigenvalue weighted by atomic mass is 35.5. The van der Waals surface area contributed by atoms with E-state index >= 15 is 8.78 Å². The van der Waals surface area contributed by atoms with Crippen LogP contribution in [0.15, 0.2) is 61.1 Å². The average Bonchev–Trinajstić information content (AvgIpc) is 3.33. The first-order valence-electron chi connectivity index (χ1n) is 9.76. The molecule has 2 aromatic heterocycles. The molecule has 4 aromatic rings. The number of ketones is 1. The third-order valence-corrected chi connectivity index (χ3v) is 5.51. The first kappa shape index (κ1) is 24.4. The van der Waals surface area contributed by atoms with Crippen molar-refractivity contribution in [3.63, 3.8) is 0 Å². The van der Waals surface area contributed by atoms with Gasteiger partial charge in [-0.2, -0.15) is 8.78 Å². The van der Waals surface area contributed by atoms with Crippen molar-refractivity contribution < 1.29 is 31.9 Å². The van der Waals surface area contributed by atoms with Crippen LogP contribution in [0.25, 0.3) is 0 Å². The average molecular weight is 510 g/mol. The van der Waals surface area contributed by atoms with Gasteiger partial charge in [-0.1, -0.05) is 11.6 Å². The molecule has 7 nitrogen and oxygen atoms in total. The molecule has 0 fully saturated rings. The second-order valence-corrected chi connectivity index (χ2v) is 7.86. The maximum Gasteiger partial charge on any atom is 0.323 e. The molecule has 1 unspecified atom stereocenters. The fourth-order valence-corrected chi connectivity index (χ4v) is 3.51. The summed E-state index contributed by atoms with van der Waals surface area (Å²) in [4.78, 5) is 16.2. The Morgan fingerprint density at radius 3 is 2.34 bits per heavy atom. The number of rotatable bonds is 7. The minimum atomic E-state index is -4.29. The van der Waals surface area contributed by atoms with E-state index in [-0.39, 0.29) is 16.1 Å². The van der Waals surface area contributed by atoms with Crippen LogP contribution in [0.4, 0.5) is 22.0 Å². The molecule has 1 atom stereocenters. The SMILES string of the molecule is O=C(c1ccc(C(F)(F)C(O)(Cn2cnnn2)c2ccc(F)cc2F)nc1)c1ccc(Cl)c(F)c1. The van der Waals surface area contributed by atoms with E-state index < -0.39 is 52.6 Å². The number of benzene rings is 2. The number of hydrogen-bond donors (Lipinski definition) is 1. The van der Waals surface area contributed by atoms with Gasteiger partial charge in [-0.05, 0) is 52.9 Å². The lowest BCUT2D eigenvalue weighted by Crippen LogP contribution is -2.48. The Bertz CT molecular complexity index is 1390. The molecule has 0 radical (unpaired) electrons. The van der Waals surface area contributed by atoms with Gasteiger partial charge in [-0.15, -0.1) is 5.10 Å². The highest BCUT2D eigenvalue weighted by Gasteiger charge is 2.58. The summed E-state index contributed by atoms with van der Waals surface area (Å²) < 4.78 is 73.8. The number of alkyl halides is 2. The van der Waals surface area contributed by atoms with Gasteiger partial charge in [0, 0.05) is 29.0 Å². The largest absolute Gasteiger partial charge is 0.377 e. The summed E-state index contributed by atoms with van der Waals surface area (Å²) >= 11 is 5.60. The lowest BCUT2D eigenvalue weighted by Gasteiger charge is -2.35. The zero-order valence-corrected chi connectivity index (χ0v) is 18.1. The van der Waals surface area contributed by atoms with E-state index in [9.17, 15) is 23.1 Å². The zero-order chi connectivity index (χ0) is 25.4. The second kappa shape index (κ2) is 9.12. The molecule has 13 heteroatoms. The predicted molar refractivity (Wildman–Crippen MR) is 111 cm³/mol. The Balaban J connectivity index is 1.74. The topological polar surface area (TPSA) is 93.8 Å². The summed E-state index contributed by atoms with van der Waals surface area (Å²) in [6, 6.07) is 6.77. The Morgan fingerprint density at radius 1 is 1.00 bits per heavy atom. The third kappa shape index (κ3) is 4.49. The first-order valence-corrected chi connectivity index (χ1v) is 10.1. The first-order chi connectivity index (χ1) is 16.5. The predicted octanol–water partition coefficient (Wildman–Crippen LogP) is 4.05. The number of carbonyl (C=O) groups is 1. The lowest BCUT2D eigenvalue weighted by molar-refractivity contribution is -0.207. The Kier molecular flexibility index (Phi) is 6.34. The van der Waals surface area contributed by atoms with E-state index in [1.54, 1.807) is 0 Å². The maximum atomic E-state index is 15.7. The van der Waals surface area contributed by atoms with E-state index in [0.717, 1.165) is 41.5 Å². The van der Waals surface area contributed by atoms with E-state index in [2.05, 4.69) is 20.5 Å². The summed E-state index contributed by atoms with van der Waals surface area (Å²) in [7, 11) is 0. The van der Waals surface area contributed by atoms with E-state index in [0.29, 0.717) is 18.2 Å². The minimum Gasteiger partial charge on any atom is -0.377 e. The maximum absolute atomic E-state index is 15.7. The molecular weight excluding hydrogens is 497 g/mol. The standard InChI is InChI=1S/C22H13ClF5N5O2/c23-16-5-1-12(7-18(16)26)20(34)13-2-6-19(29-9-13)22(27,28)21(35,10-33-11-30-31-32-33)15-4-3-14(24)8-17(15)25/h1-9,11,35H,10H2. The second-order valence-electron chi connectivity index (χ2n) is 7.46.